The molecule has 2 rings (SSSR count). The number of β-lactam (4-membered cyclic amide) rings is 1. The lowest BCUT2D eigenvalue weighted by atomic mass is 10.1. The Bertz CT molecular complexity index is 953. The number of nitrogens with one attached hydrogen (secondary N) is 3. The van der Waals surface area contributed by atoms with Crippen LogP contribution < -0.4 is 16.0 Å². The minimum atomic E-state index is -1.30. The Morgan fingerprint density at radius 1 is 1.03 bits per heavy atom. The smallest absolute Gasteiger partial charge is 0.328 e. The number of carboxylic acid groups (broad SMARTS) is 1. The molecular weight excluding hydrogens is 480 g/mol. The Hall–Kier alpha value is -3.45. The number of carboxylic acids is 1. The summed E-state index contributed by atoms with van der Waals surface area (Å²) in [5.74, 6) is -3.04. The second-order valence-electron chi connectivity index (χ2n) is 7.66. The standard InChI is InChI=1S/C22H28N4O8S/c27-17(8-10-35)25-16(22(32)33)11-23-18(28)12-34-13-19(29)24-15-4-1-14(2-5-15)3-6-20(30)26-9-7-21(26)31/h1-2,4-5,16,35H,3,6-13H2,(H,23,28)(H,24,29)(H,25,27)(H,32,33). The molecule has 12 nitrogen and oxygen atoms in total. The van der Waals surface area contributed by atoms with Crippen LogP contribution in [0.3, 0.4) is 0 Å². The molecule has 1 unspecified atom stereocenters. The molecule has 0 radical (unpaired) electrons. The molecule has 0 spiro atoms. The highest BCUT2D eigenvalue weighted by Gasteiger charge is 2.29. The summed E-state index contributed by atoms with van der Waals surface area (Å²) in [6, 6.07) is 5.53. The van der Waals surface area contributed by atoms with E-state index in [4.69, 9.17) is 9.84 Å². The summed E-state index contributed by atoms with van der Waals surface area (Å²) >= 11 is 3.89. The topological polar surface area (TPSA) is 171 Å². The Morgan fingerprint density at radius 3 is 2.29 bits per heavy atom. The minimum Gasteiger partial charge on any atom is -0.480 e. The molecule has 0 aromatic heterocycles. The molecule has 1 saturated heterocycles. The molecule has 1 aromatic carbocycles. The van der Waals surface area contributed by atoms with Gasteiger partial charge in [-0.3, -0.25) is 28.9 Å². The fourth-order valence-corrected chi connectivity index (χ4v) is 3.19. The van der Waals surface area contributed by atoms with Crippen LogP contribution >= 0.6 is 12.6 Å². The SMILES string of the molecule is O=C(COCC(=O)Nc1ccc(CCC(=O)N2CCC2=O)cc1)NCC(NC(=O)CCS)C(=O)O. The van der Waals surface area contributed by atoms with E-state index in [0.717, 1.165) is 5.56 Å². The monoisotopic (exact) mass is 508 g/mol. The summed E-state index contributed by atoms with van der Waals surface area (Å²) in [5, 5.41) is 16.3. The zero-order valence-corrected chi connectivity index (χ0v) is 19.8. The summed E-state index contributed by atoms with van der Waals surface area (Å²) in [7, 11) is 0. The molecule has 1 aliphatic rings. The number of carbonyl (C=O) groups is 6. The molecule has 190 valence electrons. The molecule has 0 saturated carbocycles. The maximum atomic E-state index is 12.0. The number of aryl methyl sites for hydroxylation is 1. The first-order valence-corrected chi connectivity index (χ1v) is 11.5. The van der Waals surface area contributed by atoms with Crippen LogP contribution in [-0.4, -0.2) is 83.6 Å². The lowest BCUT2D eigenvalue weighted by Gasteiger charge is -2.28. The summed E-state index contributed by atoms with van der Waals surface area (Å²) < 4.78 is 5.04. The van der Waals surface area contributed by atoms with E-state index in [2.05, 4.69) is 28.6 Å². The third kappa shape index (κ3) is 9.74. The number of likely N-dealkylation sites (tertiary alicyclic amines) is 1. The molecule has 0 bridgehead atoms. The van der Waals surface area contributed by atoms with Gasteiger partial charge >= 0.3 is 5.97 Å². The Kier molecular flexibility index (Phi) is 11.2. The van der Waals surface area contributed by atoms with E-state index >= 15 is 0 Å². The molecule has 5 amide bonds. The van der Waals surface area contributed by atoms with Crippen molar-refractivity contribution in [1.29, 1.82) is 0 Å². The van der Waals surface area contributed by atoms with E-state index in [1.165, 1.54) is 4.90 Å². The quantitative estimate of drug-likeness (QED) is 0.163. The normalized spacial score (nSPS) is 13.4. The van der Waals surface area contributed by atoms with Crippen molar-refractivity contribution >= 4 is 53.8 Å². The van der Waals surface area contributed by atoms with Crippen molar-refractivity contribution in [1.82, 2.24) is 15.5 Å². The molecule has 1 fully saturated rings. The van der Waals surface area contributed by atoms with Crippen LogP contribution in [0.2, 0.25) is 0 Å². The fraction of sp³-hybridized carbons (Fsp3) is 0.455. The van der Waals surface area contributed by atoms with Gasteiger partial charge in [0.15, 0.2) is 0 Å². The number of nitrogens with zero attached hydrogens (tertiary/aromatic N) is 1. The molecule has 35 heavy (non-hydrogen) atoms. The predicted octanol–water partition coefficient (Wildman–Crippen LogP) is -0.661. The number of benzene rings is 1. The largest absolute Gasteiger partial charge is 0.480 e. The van der Waals surface area contributed by atoms with Gasteiger partial charge in [-0.25, -0.2) is 4.79 Å². The molecule has 13 heteroatoms. The Balaban J connectivity index is 1.64. The van der Waals surface area contributed by atoms with E-state index in [9.17, 15) is 28.8 Å². The van der Waals surface area contributed by atoms with Crippen molar-refractivity contribution in [3.63, 3.8) is 0 Å². The van der Waals surface area contributed by atoms with Gasteiger partial charge in [0, 0.05) is 38.0 Å². The van der Waals surface area contributed by atoms with Crippen LogP contribution in [-0.2, 0) is 39.9 Å². The number of hydrogen-bond acceptors (Lipinski definition) is 8. The summed E-state index contributed by atoms with van der Waals surface area (Å²) in [6.45, 7) is -0.746. The lowest BCUT2D eigenvalue weighted by Crippen LogP contribution is -2.49. The Morgan fingerprint density at radius 2 is 1.71 bits per heavy atom. The first-order chi connectivity index (χ1) is 16.7. The van der Waals surface area contributed by atoms with E-state index in [1.807, 2.05) is 0 Å². The van der Waals surface area contributed by atoms with Gasteiger partial charge in [0.2, 0.25) is 29.5 Å². The summed E-state index contributed by atoms with van der Waals surface area (Å²) in [5.41, 5.74) is 1.37. The first-order valence-electron chi connectivity index (χ1n) is 10.9. The van der Waals surface area contributed by atoms with Gasteiger partial charge in [0.25, 0.3) is 0 Å². The van der Waals surface area contributed by atoms with E-state index in [0.29, 0.717) is 25.1 Å². The average molecular weight is 509 g/mol. The zero-order chi connectivity index (χ0) is 25.8. The molecule has 1 aromatic rings. The van der Waals surface area contributed by atoms with Crippen LogP contribution in [0.1, 0.15) is 24.8 Å². The summed E-state index contributed by atoms with van der Waals surface area (Å²) in [4.78, 5) is 70.9. The predicted molar refractivity (Wildman–Crippen MR) is 127 cm³/mol. The Labute approximate surface area is 207 Å². The zero-order valence-electron chi connectivity index (χ0n) is 19.0. The van der Waals surface area contributed by atoms with Gasteiger partial charge in [0.1, 0.15) is 19.3 Å². The third-order valence-electron chi connectivity index (χ3n) is 4.96. The van der Waals surface area contributed by atoms with Crippen LogP contribution in [0, 0.1) is 0 Å². The highest BCUT2D eigenvalue weighted by atomic mass is 32.1. The van der Waals surface area contributed by atoms with E-state index < -0.39 is 42.9 Å². The van der Waals surface area contributed by atoms with Crippen molar-refractivity contribution in [2.45, 2.75) is 31.7 Å². The number of amides is 5. The maximum Gasteiger partial charge on any atom is 0.328 e. The average Bonchev–Trinajstić information content (AvgIpc) is 2.80. The van der Waals surface area contributed by atoms with Gasteiger partial charge in [-0.1, -0.05) is 12.1 Å². The highest BCUT2D eigenvalue weighted by molar-refractivity contribution is 7.80. The second kappa shape index (κ2) is 14.1. The van der Waals surface area contributed by atoms with Crippen LogP contribution in [0.25, 0.3) is 0 Å². The number of anilines is 1. The van der Waals surface area contributed by atoms with Gasteiger partial charge in [-0.05, 0) is 29.9 Å². The van der Waals surface area contributed by atoms with Crippen LogP contribution in [0.4, 0.5) is 5.69 Å². The number of hydrogen-bond donors (Lipinski definition) is 5. The number of rotatable bonds is 14. The van der Waals surface area contributed by atoms with Gasteiger partial charge in [-0.2, -0.15) is 12.6 Å². The highest BCUT2D eigenvalue weighted by Crippen LogP contribution is 2.14. The van der Waals surface area contributed by atoms with Gasteiger partial charge in [0.05, 0.1) is 0 Å². The molecule has 4 N–H and O–H groups in total. The van der Waals surface area contributed by atoms with E-state index in [-0.39, 0.29) is 37.0 Å². The number of aliphatic carboxylic acids is 1. The number of thiol groups is 1. The van der Waals surface area contributed by atoms with Crippen LogP contribution in [0.15, 0.2) is 24.3 Å². The van der Waals surface area contributed by atoms with Crippen molar-refractivity contribution in [3.05, 3.63) is 29.8 Å². The molecular formula is C22H28N4O8S. The first kappa shape index (κ1) is 27.8. The summed E-state index contributed by atoms with van der Waals surface area (Å²) in [6.07, 6.45) is 1.15. The molecule has 1 aliphatic heterocycles. The minimum absolute atomic E-state index is 0.0440. The molecule has 1 atom stereocenters. The third-order valence-corrected chi connectivity index (χ3v) is 5.18. The molecule has 0 aliphatic carbocycles. The fourth-order valence-electron chi connectivity index (χ4n) is 2.99. The van der Waals surface area contributed by atoms with Crippen molar-refractivity contribution < 1.29 is 38.6 Å². The van der Waals surface area contributed by atoms with Gasteiger partial charge < -0.3 is 25.8 Å². The van der Waals surface area contributed by atoms with Crippen LogP contribution in [0.5, 0.6) is 0 Å². The number of imide groups is 1. The van der Waals surface area contributed by atoms with Crippen molar-refractivity contribution in [3.8, 4) is 0 Å². The number of ether oxygens (including phenoxy) is 1. The van der Waals surface area contributed by atoms with E-state index in [1.54, 1.807) is 24.3 Å². The molecule has 1 heterocycles. The van der Waals surface area contributed by atoms with Gasteiger partial charge in [-0.15, -0.1) is 0 Å². The van der Waals surface area contributed by atoms with Crippen molar-refractivity contribution in [2.24, 2.45) is 0 Å². The lowest BCUT2D eigenvalue weighted by molar-refractivity contribution is -0.152. The van der Waals surface area contributed by atoms with Crippen molar-refractivity contribution in [2.75, 3.05) is 37.4 Å². The number of carbonyl (C=O) groups excluding carboxylic acids is 5. The maximum absolute atomic E-state index is 12.0. The second-order valence-corrected chi connectivity index (χ2v) is 8.11.